The highest BCUT2D eigenvalue weighted by Crippen LogP contribution is 2.32. The van der Waals surface area contributed by atoms with Crippen molar-refractivity contribution >= 4 is 38.3 Å². The minimum absolute atomic E-state index is 0.172. The second-order valence-corrected chi connectivity index (χ2v) is 8.49. The quantitative estimate of drug-likeness (QED) is 0.286. The summed E-state index contributed by atoms with van der Waals surface area (Å²) in [7, 11) is 0. The standard InChI is InChI=1S/C29H23NO2/c31-29(28-17-30-16-22-6-2-4-8-24(22)28)32-18-19-9-12-25-21(15-19)11-14-26-23-7-3-1-5-20(23)10-13-27(25)26/h1-15,28,30H,16-18H2. The Bertz CT molecular complexity index is 1490. The monoisotopic (exact) mass is 417 g/mol. The predicted molar refractivity (Wildman–Crippen MR) is 130 cm³/mol. The lowest BCUT2D eigenvalue weighted by molar-refractivity contribution is -0.146. The van der Waals surface area contributed by atoms with E-state index in [0.717, 1.165) is 23.1 Å². The molecule has 1 aliphatic rings. The van der Waals surface area contributed by atoms with E-state index in [2.05, 4.69) is 78.1 Å². The number of hydrogen-bond donors (Lipinski definition) is 1. The molecule has 1 heterocycles. The average Bonchev–Trinajstić information content (AvgIpc) is 2.86. The zero-order chi connectivity index (χ0) is 21.5. The van der Waals surface area contributed by atoms with E-state index in [1.54, 1.807) is 0 Å². The number of nitrogens with one attached hydrogen (secondary N) is 1. The summed E-state index contributed by atoms with van der Waals surface area (Å²) >= 11 is 0. The molecule has 0 saturated carbocycles. The van der Waals surface area contributed by atoms with Gasteiger partial charge < -0.3 is 10.1 Å². The Morgan fingerprint density at radius 2 is 1.50 bits per heavy atom. The van der Waals surface area contributed by atoms with E-state index >= 15 is 0 Å². The summed E-state index contributed by atoms with van der Waals surface area (Å²) in [5.74, 6) is -0.424. The summed E-state index contributed by atoms with van der Waals surface area (Å²) in [5, 5.41) is 10.7. The van der Waals surface area contributed by atoms with Crippen LogP contribution in [0.4, 0.5) is 0 Å². The van der Waals surface area contributed by atoms with E-state index in [1.165, 1.54) is 32.5 Å². The molecule has 1 aliphatic heterocycles. The van der Waals surface area contributed by atoms with E-state index in [-0.39, 0.29) is 18.5 Å². The first kappa shape index (κ1) is 19.0. The third kappa shape index (κ3) is 3.22. The van der Waals surface area contributed by atoms with Crippen molar-refractivity contribution in [3.8, 4) is 0 Å². The summed E-state index contributed by atoms with van der Waals surface area (Å²) in [6, 6.07) is 31.7. The molecule has 0 aliphatic carbocycles. The highest BCUT2D eigenvalue weighted by atomic mass is 16.5. The fraction of sp³-hybridized carbons (Fsp3) is 0.138. The van der Waals surface area contributed by atoms with Gasteiger partial charge in [-0.25, -0.2) is 0 Å². The van der Waals surface area contributed by atoms with E-state index in [1.807, 2.05) is 18.2 Å². The lowest BCUT2D eigenvalue weighted by Gasteiger charge is -2.24. The summed E-state index contributed by atoms with van der Waals surface area (Å²) in [6.45, 7) is 1.70. The van der Waals surface area contributed by atoms with Gasteiger partial charge in [0.1, 0.15) is 6.61 Å². The summed E-state index contributed by atoms with van der Waals surface area (Å²) in [4.78, 5) is 12.8. The molecule has 0 bridgehead atoms. The SMILES string of the molecule is O=C(OCc1ccc2c(ccc3c4ccccc4ccc23)c1)C1CNCc2ccccc21. The molecule has 3 nitrogen and oxygen atoms in total. The topological polar surface area (TPSA) is 38.3 Å². The molecular formula is C29H23NO2. The van der Waals surface area contributed by atoms with Gasteiger partial charge in [-0.15, -0.1) is 0 Å². The number of carbonyl (C=O) groups is 1. The number of rotatable bonds is 3. The average molecular weight is 418 g/mol. The van der Waals surface area contributed by atoms with Crippen LogP contribution in [0.2, 0.25) is 0 Å². The van der Waals surface area contributed by atoms with E-state index < -0.39 is 0 Å². The Morgan fingerprint density at radius 3 is 2.41 bits per heavy atom. The van der Waals surface area contributed by atoms with Gasteiger partial charge in [0.05, 0.1) is 5.92 Å². The minimum Gasteiger partial charge on any atom is -0.460 e. The lowest BCUT2D eigenvalue weighted by atomic mass is 9.91. The van der Waals surface area contributed by atoms with Crippen molar-refractivity contribution in [2.75, 3.05) is 6.54 Å². The van der Waals surface area contributed by atoms with Gasteiger partial charge in [0.15, 0.2) is 0 Å². The van der Waals surface area contributed by atoms with Crippen molar-refractivity contribution in [1.29, 1.82) is 0 Å². The molecule has 156 valence electrons. The first-order chi connectivity index (χ1) is 15.8. The zero-order valence-corrected chi connectivity index (χ0v) is 17.7. The molecule has 3 heteroatoms. The fourth-order valence-corrected chi connectivity index (χ4v) is 4.93. The molecule has 1 atom stereocenters. The Morgan fingerprint density at radius 1 is 0.781 bits per heavy atom. The lowest BCUT2D eigenvalue weighted by Crippen LogP contribution is -2.33. The van der Waals surface area contributed by atoms with Crippen LogP contribution in [-0.4, -0.2) is 12.5 Å². The molecule has 5 aromatic carbocycles. The van der Waals surface area contributed by atoms with Crippen LogP contribution in [0.25, 0.3) is 32.3 Å². The van der Waals surface area contributed by atoms with E-state index in [9.17, 15) is 4.79 Å². The maximum Gasteiger partial charge on any atom is 0.315 e. The van der Waals surface area contributed by atoms with E-state index in [0.29, 0.717) is 6.54 Å². The molecule has 0 saturated heterocycles. The normalized spacial score (nSPS) is 15.7. The fourth-order valence-electron chi connectivity index (χ4n) is 4.93. The highest BCUT2D eigenvalue weighted by Gasteiger charge is 2.27. The Kier molecular flexibility index (Phi) is 4.62. The third-order valence-corrected chi connectivity index (χ3v) is 6.57. The van der Waals surface area contributed by atoms with Crippen LogP contribution in [0.15, 0.2) is 91.0 Å². The number of hydrogen-bond acceptors (Lipinski definition) is 3. The van der Waals surface area contributed by atoms with Gasteiger partial charge in [0, 0.05) is 13.1 Å². The van der Waals surface area contributed by atoms with Crippen LogP contribution in [0.5, 0.6) is 0 Å². The van der Waals surface area contributed by atoms with Gasteiger partial charge >= 0.3 is 5.97 Å². The zero-order valence-electron chi connectivity index (χ0n) is 17.7. The van der Waals surface area contributed by atoms with Crippen LogP contribution < -0.4 is 5.32 Å². The Labute approximate surface area is 186 Å². The van der Waals surface area contributed by atoms with Gasteiger partial charge in [-0.2, -0.15) is 0 Å². The summed E-state index contributed by atoms with van der Waals surface area (Å²) in [5.41, 5.74) is 3.25. The van der Waals surface area contributed by atoms with Crippen LogP contribution in [0.1, 0.15) is 22.6 Å². The third-order valence-electron chi connectivity index (χ3n) is 6.57. The van der Waals surface area contributed by atoms with Crippen LogP contribution in [-0.2, 0) is 22.7 Å². The number of esters is 1. The van der Waals surface area contributed by atoms with Crippen LogP contribution in [0.3, 0.4) is 0 Å². The van der Waals surface area contributed by atoms with Crippen molar-refractivity contribution in [2.45, 2.75) is 19.1 Å². The van der Waals surface area contributed by atoms with Gasteiger partial charge in [-0.05, 0) is 55.1 Å². The molecule has 1 unspecified atom stereocenters. The second-order valence-electron chi connectivity index (χ2n) is 8.49. The van der Waals surface area contributed by atoms with Crippen molar-refractivity contribution < 1.29 is 9.53 Å². The van der Waals surface area contributed by atoms with Gasteiger partial charge in [0.2, 0.25) is 0 Å². The maximum atomic E-state index is 12.8. The van der Waals surface area contributed by atoms with Crippen molar-refractivity contribution in [3.63, 3.8) is 0 Å². The van der Waals surface area contributed by atoms with Crippen molar-refractivity contribution in [2.24, 2.45) is 0 Å². The number of carbonyl (C=O) groups excluding carboxylic acids is 1. The number of fused-ring (bicyclic) bond motifs is 6. The molecule has 0 spiro atoms. The number of ether oxygens (including phenoxy) is 1. The van der Waals surface area contributed by atoms with Gasteiger partial charge in [-0.1, -0.05) is 84.9 Å². The Balaban J connectivity index is 1.27. The minimum atomic E-state index is -0.252. The summed E-state index contributed by atoms with van der Waals surface area (Å²) in [6.07, 6.45) is 0. The van der Waals surface area contributed by atoms with Crippen LogP contribution in [0, 0.1) is 0 Å². The molecule has 1 N–H and O–H groups in total. The van der Waals surface area contributed by atoms with Gasteiger partial charge in [0.25, 0.3) is 0 Å². The molecule has 0 amide bonds. The molecule has 32 heavy (non-hydrogen) atoms. The number of benzene rings is 5. The van der Waals surface area contributed by atoms with Gasteiger partial charge in [-0.3, -0.25) is 4.79 Å². The Hall–Kier alpha value is -3.69. The van der Waals surface area contributed by atoms with Crippen molar-refractivity contribution in [3.05, 3.63) is 108 Å². The molecule has 0 fully saturated rings. The molecular weight excluding hydrogens is 394 g/mol. The largest absolute Gasteiger partial charge is 0.460 e. The molecule has 6 rings (SSSR count). The first-order valence-corrected chi connectivity index (χ1v) is 11.1. The second kappa shape index (κ2) is 7.77. The van der Waals surface area contributed by atoms with Crippen molar-refractivity contribution in [1.82, 2.24) is 5.32 Å². The smallest absolute Gasteiger partial charge is 0.315 e. The molecule has 5 aromatic rings. The molecule has 0 radical (unpaired) electrons. The highest BCUT2D eigenvalue weighted by molar-refractivity contribution is 6.17. The first-order valence-electron chi connectivity index (χ1n) is 11.1. The maximum absolute atomic E-state index is 12.8. The predicted octanol–water partition coefficient (Wildman–Crippen LogP) is 6.08. The molecule has 0 aromatic heterocycles. The summed E-state index contributed by atoms with van der Waals surface area (Å²) < 4.78 is 5.74. The van der Waals surface area contributed by atoms with Crippen LogP contribution >= 0.6 is 0 Å². The van der Waals surface area contributed by atoms with E-state index in [4.69, 9.17) is 4.74 Å².